The van der Waals surface area contributed by atoms with Gasteiger partial charge in [0.2, 0.25) is 0 Å². The molecule has 0 aliphatic heterocycles. The Labute approximate surface area is 174 Å². The number of amides is 1. The molecule has 1 unspecified atom stereocenters. The van der Waals surface area contributed by atoms with Crippen molar-refractivity contribution in [2.75, 3.05) is 27.2 Å². The highest BCUT2D eigenvalue weighted by atomic mass is 127. The number of nitrogens with one attached hydrogen (secondary N) is 3. The number of nitrogens with zero attached hydrogens (tertiary/aromatic N) is 1. The van der Waals surface area contributed by atoms with Crippen LogP contribution in [-0.2, 0) is 14.3 Å². The van der Waals surface area contributed by atoms with Gasteiger partial charge in [-0.2, -0.15) is 0 Å². The van der Waals surface area contributed by atoms with Crippen molar-refractivity contribution in [1.82, 2.24) is 16.0 Å². The Bertz CT molecular complexity index is 439. The second-order valence-corrected chi connectivity index (χ2v) is 6.69. The first kappa shape index (κ1) is 27.0. The van der Waals surface area contributed by atoms with E-state index >= 15 is 0 Å². The molecule has 154 valence electrons. The third-order valence-corrected chi connectivity index (χ3v) is 3.21. The first-order valence-electron chi connectivity index (χ1n) is 8.72. The van der Waals surface area contributed by atoms with Crippen LogP contribution in [0.15, 0.2) is 4.99 Å². The molecule has 1 atom stereocenters. The SMILES string of the molecule is CCCCC(CNC(=O)OC(C)(C)C)NC(=NC)NCCC(=O)OC.I. The molecule has 1 amide bonds. The zero-order valence-electron chi connectivity index (χ0n) is 16.8. The van der Waals surface area contributed by atoms with Gasteiger partial charge in [0.15, 0.2) is 5.96 Å². The van der Waals surface area contributed by atoms with Gasteiger partial charge < -0.3 is 25.4 Å². The zero-order valence-corrected chi connectivity index (χ0v) is 19.1. The Hall–Kier alpha value is -1.26. The minimum atomic E-state index is -0.526. The average molecular weight is 486 g/mol. The lowest BCUT2D eigenvalue weighted by molar-refractivity contribution is -0.140. The second-order valence-electron chi connectivity index (χ2n) is 6.69. The second kappa shape index (κ2) is 14.9. The van der Waals surface area contributed by atoms with E-state index in [2.05, 4.69) is 32.6 Å². The molecule has 0 bridgehead atoms. The average Bonchev–Trinajstić information content (AvgIpc) is 2.53. The number of carbonyl (C=O) groups excluding carboxylic acids is 2. The van der Waals surface area contributed by atoms with E-state index in [1.165, 1.54) is 7.11 Å². The van der Waals surface area contributed by atoms with Crippen LogP contribution >= 0.6 is 24.0 Å². The Kier molecular flexibility index (Phi) is 15.4. The largest absolute Gasteiger partial charge is 0.469 e. The molecular weight excluding hydrogens is 451 g/mol. The number of ether oxygens (including phenoxy) is 2. The van der Waals surface area contributed by atoms with Crippen LogP contribution in [0.25, 0.3) is 0 Å². The Morgan fingerprint density at radius 1 is 1.19 bits per heavy atom. The number of esters is 1. The molecule has 0 aliphatic rings. The van der Waals surface area contributed by atoms with Crippen molar-refractivity contribution in [2.24, 2.45) is 4.99 Å². The molecule has 0 rings (SSSR count). The number of unbranched alkanes of at least 4 members (excludes halogenated alkanes) is 1. The fraction of sp³-hybridized carbons (Fsp3) is 0.824. The fourth-order valence-corrected chi connectivity index (χ4v) is 1.97. The maximum absolute atomic E-state index is 11.8. The van der Waals surface area contributed by atoms with E-state index in [0.29, 0.717) is 19.0 Å². The van der Waals surface area contributed by atoms with E-state index in [1.807, 2.05) is 20.8 Å². The summed E-state index contributed by atoms with van der Waals surface area (Å²) in [6.45, 7) is 8.44. The van der Waals surface area contributed by atoms with Crippen LogP contribution in [0.3, 0.4) is 0 Å². The highest BCUT2D eigenvalue weighted by molar-refractivity contribution is 14.0. The summed E-state index contributed by atoms with van der Waals surface area (Å²) in [7, 11) is 3.02. The lowest BCUT2D eigenvalue weighted by atomic mass is 10.1. The number of hydrogen-bond donors (Lipinski definition) is 3. The Balaban J connectivity index is 0. The molecule has 0 aromatic rings. The van der Waals surface area contributed by atoms with Gasteiger partial charge in [0.1, 0.15) is 5.60 Å². The van der Waals surface area contributed by atoms with E-state index < -0.39 is 11.7 Å². The van der Waals surface area contributed by atoms with E-state index in [1.54, 1.807) is 7.05 Å². The predicted molar refractivity (Wildman–Crippen MR) is 114 cm³/mol. The molecule has 0 aliphatic carbocycles. The molecule has 26 heavy (non-hydrogen) atoms. The first-order chi connectivity index (χ1) is 11.7. The summed E-state index contributed by atoms with van der Waals surface area (Å²) in [6.07, 6.45) is 2.77. The summed E-state index contributed by atoms with van der Waals surface area (Å²) in [5.41, 5.74) is -0.526. The van der Waals surface area contributed by atoms with Crippen LogP contribution in [0.5, 0.6) is 0 Å². The molecule has 0 saturated carbocycles. The van der Waals surface area contributed by atoms with Gasteiger partial charge >= 0.3 is 12.1 Å². The van der Waals surface area contributed by atoms with Crippen LogP contribution in [0.1, 0.15) is 53.4 Å². The van der Waals surface area contributed by atoms with Gasteiger partial charge in [-0.05, 0) is 27.2 Å². The number of alkyl carbamates (subject to hydrolysis) is 1. The molecular formula is C17H35IN4O4. The number of rotatable bonds is 9. The van der Waals surface area contributed by atoms with Crippen molar-refractivity contribution in [3.05, 3.63) is 0 Å². The summed E-state index contributed by atoms with van der Waals surface area (Å²) in [6, 6.07) is 0.0109. The van der Waals surface area contributed by atoms with Crippen LogP contribution in [0.2, 0.25) is 0 Å². The summed E-state index contributed by atoms with van der Waals surface area (Å²) in [4.78, 5) is 27.1. The van der Waals surface area contributed by atoms with Crippen LogP contribution in [0.4, 0.5) is 4.79 Å². The molecule has 0 fully saturated rings. The number of guanidine groups is 1. The minimum absolute atomic E-state index is 0. The lowest BCUT2D eigenvalue weighted by Crippen LogP contribution is -2.49. The van der Waals surface area contributed by atoms with Crippen molar-refractivity contribution in [3.63, 3.8) is 0 Å². The number of hydrogen-bond acceptors (Lipinski definition) is 5. The van der Waals surface area contributed by atoms with E-state index in [4.69, 9.17) is 4.74 Å². The van der Waals surface area contributed by atoms with E-state index in [9.17, 15) is 9.59 Å². The lowest BCUT2D eigenvalue weighted by Gasteiger charge is -2.24. The molecule has 0 spiro atoms. The number of methoxy groups -OCH3 is 1. The van der Waals surface area contributed by atoms with Crippen molar-refractivity contribution < 1.29 is 19.1 Å². The molecule has 0 radical (unpaired) electrons. The number of carbonyl (C=O) groups is 2. The van der Waals surface area contributed by atoms with Crippen LogP contribution < -0.4 is 16.0 Å². The number of halogens is 1. The molecule has 8 nitrogen and oxygen atoms in total. The Morgan fingerprint density at radius 2 is 1.85 bits per heavy atom. The third kappa shape index (κ3) is 15.0. The fourth-order valence-electron chi connectivity index (χ4n) is 1.97. The van der Waals surface area contributed by atoms with Crippen molar-refractivity contribution in [1.29, 1.82) is 0 Å². The van der Waals surface area contributed by atoms with Gasteiger partial charge in [-0.15, -0.1) is 24.0 Å². The van der Waals surface area contributed by atoms with Gasteiger partial charge in [-0.3, -0.25) is 9.79 Å². The predicted octanol–water partition coefficient (Wildman–Crippen LogP) is 2.42. The maximum Gasteiger partial charge on any atom is 0.407 e. The standard InChI is InChI=1S/C17H34N4O4.HI/c1-7-8-9-13(12-20-16(23)25-17(2,3)4)21-15(18-5)19-11-10-14(22)24-6;/h13H,7-12H2,1-6H3,(H,20,23)(H2,18,19,21);1H. The summed E-state index contributed by atoms with van der Waals surface area (Å²) >= 11 is 0. The van der Waals surface area contributed by atoms with Gasteiger partial charge in [-0.1, -0.05) is 19.8 Å². The highest BCUT2D eigenvalue weighted by Crippen LogP contribution is 2.07. The summed E-state index contributed by atoms with van der Waals surface area (Å²) < 4.78 is 9.86. The molecule has 0 heterocycles. The molecule has 9 heteroatoms. The van der Waals surface area contributed by atoms with Crippen molar-refractivity contribution >= 4 is 42.0 Å². The topological polar surface area (TPSA) is 101 Å². The highest BCUT2D eigenvalue weighted by Gasteiger charge is 2.18. The van der Waals surface area contributed by atoms with Gasteiger partial charge in [-0.25, -0.2) is 4.79 Å². The summed E-state index contributed by atoms with van der Waals surface area (Å²) in [5.74, 6) is 0.299. The molecule has 0 aromatic heterocycles. The smallest absolute Gasteiger partial charge is 0.407 e. The summed E-state index contributed by atoms with van der Waals surface area (Å²) in [5, 5.41) is 9.11. The van der Waals surface area contributed by atoms with Crippen molar-refractivity contribution in [2.45, 2.75) is 65.0 Å². The first-order valence-corrected chi connectivity index (χ1v) is 8.72. The minimum Gasteiger partial charge on any atom is -0.469 e. The monoisotopic (exact) mass is 486 g/mol. The van der Waals surface area contributed by atoms with E-state index in [-0.39, 0.29) is 42.4 Å². The zero-order chi connectivity index (χ0) is 19.3. The molecule has 0 aromatic carbocycles. The maximum atomic E-state index is 11.8. The molecule has 0 saturated heterocycles. The normalized spacial score (nSPS) is 12.5. The van der Waals surface area contributed by atoms with Gasteiger partial charge in [0.05, 0.1) is 13.5 Å². The Morgan fingerprint density at radius 3 is 2.35 bits per heavy atom. The van der Waals surface area contributed by atoms with Crippen molar-refractivity contribution in [3.8, 4) is 0 Å². The molecule has 3 N–H and O–H groups in total. The quantitative estimate of drug-likeness (QED) is 0.200. The number of aliphatic imine (C=N–C) groups is 1. The van der Waals surface area contributed by atoms with Gasteiger partial charge in [0, 0.05) is 26.2 Å². The van der Waals surface area contributed by atoms with Crippen LogP contribution in [-0.4, -0.2) is 56.9 Å². The van der Waals surface area contributed by atoms with Gasteiger partial charge in [0.25, 0.3) is 0 Å². The third-order valence-electron chi connectivity index (χ3n) is 3.21. The van der Waals surface area contributed by atoms with Crippen LogP contribution in [0, 0.1) is 0 Å². The van der Waals surface area contributed by atoms with E-state index in [0.717, 1.165) is 19.3 Å².